The molecule has 94 valence electrons. The molecule has 0 heterocycles. The lowest BCUT2D eigenvalue weighted by Crippen LogP contribution is -2.35. The van der Waals surface area contributed by atoms with Crippen LogP contribution in [0, 0.1) is 12.7 Å². The van der Waals surface area contributed by atoms with E-state index in [1.807, 2.05) is 13.8 Å². The van der Waals surface area contributed by atoms with Crippen LogP contribution < -0.4 is 5.32 Å². The first kappa shape index (κ1) is 13.5. The molecule has 0 saturated carbocycles. The molecule has 0 aliphatic rings. The minimum absolute atomic E-state index is 0.0265. The molecule has 1 N–H and O–H groups in total. The van der Waals surface area contributed by atoms with Gasteiger partial charge in [0, 0.05) is 24.3 Å². The van der Waals surface area contributed by atoms with Crippen molar-refractivity contribution in [2.24, 2.45) is 0 Å². The molecule has 1 aromatic carbocycles. The lowest BCUT2D eigenvalue weighted by atomic mass is 10.2. The molecule has 1 rings (SSSR count). The Hall–Kier alpha value is -1.58. The fraction of sp³-hybridized carbons (Fsp3) is 0.462. The highest BCUT2D eigenvalue weighted by Crippen LogP contribution is 2.16. The Balaban J connectivity index is 2.61. The fourth-order valence-corrected chi connectivity index (χ4v) is 1.66. The van der Waals surface area contributed by atoms with E-state index in [2.05, 4.69) is 5.32 Å². The molecule has 1 aromatic rings. The SMILES string of the molecule is CCN(CC)C(=O)CNc1cccc(F)c1C. The van der Waals surface area contributed by atoms with Crippen LogP contribution in [-0.2, 0) is 4.79 Å². The monoisotopic (exact) mass is 238 g/mol. The fourth-order valence-electron chi connectivity index (χ4n) is 1.66. The van der Waals surface area contributed by atoms with Crippen LogP contribution in [0.3, 0.4) is 0 Å². The second-order valence-corrected chi connectivity index (χ2v) is 3.83. The summed E-state index contributed by atoms with van der Waals surface area (Å²) in [5.74, 6) is -0.232. The second kappa shape index (κ2) is 6.23. The third-order valence-electron chi connectivity index (χ3n) is 2.81. The average Bonchev–Trinajstić information content (AvgIpc) is 2.32. The first-order valence-electron chi connectivity index (χ1n) is 5.86. The van der Waals surface area contributed by atoms with Gasteiger partial charge >= 0.3 is 0 Å². The van der Waals surface area contributed by atoms with Crippen LogP contribution in [0.1, 0.15) is 19.4 Å². The molecule has 1 amide bonds. The molecule has 0 bridgehead atoms. The van der Waals surface area contributed by atoms with Crippen LogP contribution in [0.2, 0.25) is 0 Å². The zero-order chi connectivity index (χ0) is 12.8. The summed E-state index contributed by atoms with van der Waals surface area (Å²) in [6, 6.07) is 4.81. The van der Waals surface area contributed by atoms with Crippen LogP contribution in [0.25, 0.3) is 0 Å². The maximum Gasteiger partial charge on any atom is 0.241 e. The predicted octanol–water partition coefficient (Wildman–Crippen LogP) is 2.41. The number of carbonyl (C=O) groups is 1. The van der Waals surface area contributed by atoms with Crippen LogP contribution in [-0.4, -0.2) is 30.4 Å². The van der Waals surface area contributed by atoms with E-state index in [4.69, 9.17) is 0 Å². The molecule has 0 atom stereocenters. The van der Waals surface area contributed by atoms with Gasteiger partial charge in [-0.25, -0.2) is 4.39 Å². The third-order valence-corrected chi connectivity index (χ3v) is 2.81. The van der Waals surface area contributed by atoms with Gasteiger partial charge < -0.3 is 10.2 Å². The summed E-state index contributed by atoms with van der Waals surface area (Å²) in [5, 5.41) is 2.97. The van der Waals surface area contributed by atoms with E-state index in [1.165, 1.54) is 6.07 Å². The van der Waals surface area contributed by atoms with Gasteiger partial charge in [-0.2, -0.15) is 0 Å². The molecule has 0 fully saturated rings. The molecule has 0 unspecified atom stereocenters. The number of nitrogens with zero attached hydrogens (tertiary/aromatic N) is 1. The molecule has 4 heteroatoms. The number of nitrogens with one attached hydrogen (secondary N) is 1. The molecule has 0 saturated heterocycles. The highest BCUT2D eigenvalue weighted by atomic mass is 19.1. The molecular weight excluding hydrogens is 219 g/mol. The minimum atomic E-state index is -0.259. The van der Waals surface area contributed by atoms with Crippen molar-refractivity contribution in [1.29, 1.82) is 0 Å². The Labute approximate surface area is 102 Å². The van der Waals surface area contributed by atoms with Crippen molar-refractivity contribution in [2.75, 3.05) is 25.0 Å². The van der Waals surface area contributed by atoms with E-state index in [0.29, 0.717) is 24.3 Å². The summed E-state index contributed by atoms with van der Waals surface area (Å²) in [7, 11) is 0. The molecule has 0 aliphatic heterocycles. The van der Waals surface area contributed by atoms with Crippen LogP contribution in [0.5, 0.6) is 0 Å². The Morgan fingerprint density at radius 1 is 1.35 bits per heavy atom. The van der Waals surface area contributed by atoms with Crippen molar-refractivity contribution in [3.05, 3.63) is 29.6 Å². The number of hydrogen-bond donors (Lipinski definition) is 1. The van der Waals surface area contributed by atoms with Gasteiger partial charge in [0.15, 0.2) is 0 Å². The number of anilines is 1. The van der Waals surface area contributed by atoms with Gasteiger partial charge in [-0.15, -0.1) is 0 Å². The lowest BCUT2D eigenvalue weighted by Gasteiger charge is -2.19. The van der Waals surface area contributed by atoms with Gasteiger partial charge in [0.2, 0.25) is 5.91 Å². The number of amides is 1. The van der Waals surface area contributed by atoms with Gasteiger partial charge in [0.25, 0.3) is 0 Å². The molecule has 0 aliphatic carbocycles. The van der Waals surface area contributed by atoms with Crippen molar-refractivity contribution in [2.45, 2.75) is 20.8 Å². The van der Waals surface area contributed by atoms with Crippen molar-refractivity contribution < 1.29 is 9.18 Å². The number of rotatable bonds is 5. The number of hydrogen-bond acceptors (Lipinski definition) is 2. The molecule has 3 nitrogen and oxygen atoms in total. The van der Waals surface area contributed by atoms with Crippen molar-refractivity contribution >= 4 is 11.6 Å². The number of benzene rings is 1. The van der Waals surface area contributed by atoms with Crippen molar-refractivity contribution in [3.8, 4) is 0 Å². The van der Waals surface area contributed by atoms with Gasteiger partial charge in [-0.3, -0.25) is 4.79 Å². The molecule has 0 radical (unpaired) electrons. The van der Waals surface area contributed by atoms with Crippen molar-refractivity contribution in [3.63, 3.8) is 0 Å². The van der Waals surface area contributed by atoms with Crippen LogP contribution in [0.15, 0.2) is 18.2 Å². The Morgan fingerprint density at radius 2 is 2.00 bits per heavy atom. The van der Waals surface area contributed by atoms with E-state index in [0.717, 1.165) is 0 Å². The Morgan fingerprint density at radius 3 is 2.59 bits per heavy atom. The first-order valence-corrected chi connectivity index (χ1v) is 5.86. The van der Waals surface area contributed by atoms with E-state index in [-0.39, 0.29) is 18.3 Å². The quantitative estimate of drug-likeness (QED) is 0.854. The largest absolute Gasteiger partial charge is 0.376 e. The summed E-state index contributed by atoms with van der Waals surface area (Å²) in [6.45, 7) is 7.16. The number of likely N-dealkylation sites (N-methyl/N-ethyl adjacent to an activating group) is 1. The molecular formula is C13H19FN2O. The summed E-state index contributed by atoms with van der Waals surface area (Å²) in [5.41, 5.74) is 1.21. The third kappa shape index (κ3) is 3.44. The lowest BCUT2D eigenvalue weighted by molar-refractivity contribution is -0.128. The topological polar surface area (TPSA) is 32.3 Å². The number of halogens is 1. The Kier molecular flexibility index (Phi) is 4.94. The van der Waals surface area contributed by atoms with Gasteiger partial charge in [-0.1, -0.05) is 6.07 Å². The zero-order valence-electron chi connectivity index (χ0n) is 10.6. The smallest absolute Gasteiger partial charge is 0.241 e. The second-order valence-electron chi connectivity index (χ2n) is 3.83. The predicted molar refractivity (Wildman–Crippen MR) is 67.6 cm³/mol. The first-order chi connectivity index (χ1) is 8.10. The maximum atomic E-state index is 13.3. The van der Waals surface area contributed by atoms with E-state index >= 15 is 0 Å². The zero-order valence-corrected chi connectivity index (χ0v) is 10.6. The number of carbonyl (C=O) groups excluding carboxylic acids is 1. The van der Waals surface area contributed by atoms with Gasteiger partial charge in [0.05, 0.1) is 6.54 Å². The molecule has 17 heavy (non-hydrogen) atoms. The minimum Gasteiger partial charge on any atom is -0.376 e. The normalized spacial score (nSPS) is 10.1. The van der Waals surface area contributed by atoms with Gasteiger partial charge in [0.1, 0.15) is 5.82 Å². The maximum absolute atomic E-state index is 13.3. The van der Waals surface area contributed by atoms with Crippen LogP contribution >= 0.6 is 0 Å². The summed E-state index contributed by atoms with van der Waals surface area (Å²) in [6.07, 6.45) is 0. The van der Waals surface area contributed by atoms with E-state index < -0.39 is 0 Å². The highest BCUT2D eigenvalue weighted by molar-refractivity contribution is 5.81. The van der Waals surface area contributed by atoms with E-state index in [9.17, 15) is 9.18 Å². The summed E-state index contributed by atoms with van der Waals surface area (Å²) in [4.78, 5) is 13.5. The standard InChI is InChI=1S/C13H19FN2O/c1-4-16(5-2)13(17)9-15-12-8-6-7-11(14)10(12)3/h6-8,15H,4-5,9H2,1-3H3. The Bertz CT molecular complexity index is 389. The summed E-state index contributed by atoms with van der Waals surface area (Å²) >= 11 is 0. The summed E-state index contributed by atoms with van der Waals surface area (Å²) < 4.78 is 13.3. The average molecular weight is 238 g/mol. The molecule has 0 aromatic heterocycles. The molecule has 0 spiro atoms. The van der Waals surface area contributed by atoms with Gasteiger partial charge in [-0.05, 0) is 32.9 Å². The van der Waals surface area contributed by atoms with Crippen LogP contribution in [0.4, 0.5) is 10.1 Å². The van der Waals surface area contributed by atoms with Crippen molar-refractivity contribution in [1.82, 2.24) is 4.90 Å². The van der Waals surface area contributed by atoms with E-state index in [1.54, 1.807) is 24.0 Å². The highest BCUT2D eigenvalue weighted by Gasteiger charge is 2.10.